The number of hydrogen-bond acceptors (Lipinski definition) is 4. The molecule has 0 radical (unpaired) electrons. The molecule has 0 aliphatic heterocycles. The van der Waals surface area contributed by atoms with Crippen LogP contribution in [0.4, 0.5) is 0 Å². The van der Waals surface area contributed by atoms with Crippen LogP contribution < -0.4 is 0 Å². The minimum atomic E-state index is 0.622. The van der Waals surface area contributed by atoms with Gasteiger partial charge in [-0.3, -0.25) is 0 Å². The lowest BCUT2D eigenvalue weighted by Gasteiger charge is -2.10. The molecule has 0 aliphatic rings. The predicted octanol–water partition coefficient (Wildman–Crippen LogP) is 10.3. The Morgan fingerprint density at radius 3 is 1.68 bits per heavy atom. The van der Waals surface area contributed by atoms with Crippen LogP contribution >= 0.6 is 0 Å². The molecule has 212 valence electrons. The highest BCUT2D eigenvalue weighted by atomic mass is 16.3. The van der Waals surface area contributed by atoms with Crippen molar-refractivity contribution in [1.29, 1.82) is 10.5 Å². The van der Waals surface area contributed by atoms with Crippen molar-refractivity contribution in [1.82, 2.24) is 4.57 Å². The van der Waals surface area contributed by atoms with E-state index in [2.05, 4.69) is 59.0 Å². The molecule has 0 saturated heterocycles. The van der Waals surface area contributed by atoms with E-state index < -0.39 is 0 Å². The monoisotopic (exact) mass is 571 g/mol. The van der Waals surface area contributed by atoms with Crippen molar-refractivity contribution in [3.8, 4) is 47.1 Å². The molecule has 5 nitrogen and oxygen atoms in total. The van der Waals surface area contributed by atoms with E-state index >= 15 is 0 Å². The fourth-order valence-corrected chi connectivity index (χ4v) is 4.88. The molecule has 0 amide bonds. The van der Waals surface area contributed by atoms with E-state index in [9.17, 15) is 0 Å². The Hall–Kier alpha value is -6.22. The number of aromatic nitrogens is 1. The Morgan fingerprint density at radius 2 is 1.25 bits per heavy atom. The molecule has 0 N–H and O–H groups in total. The van der Waals surface area contributed by atoms with Crippen LogP contribution in [0.5, 0.6) is 0 Å². The van der Waals surface area contributed by atoms with E-state index in [-0.39, 0.29) is 0 Å². The molecule has 5 rings (SSSR count). The number of rotatable bonds is 8. The van der Waals surface area contributed by atoms with Gasteiger partial charge in [0.2, 0.25) is 0 Å². The highest BCUT2D eigenvalue weighted by Gasteiger charge is 2.16. The van der Waals surface area contributed by atoms with Gasteiger partial charge in [-0.2, -0.15) is 10.5 Å². The van der Waals surface area contributed by atoms with Crippen LogP contribution in [0, 0.1) is 35.0 Å². The summed E-state index contributed by atoms with van der Waals surface area (Å²) in [6.45, 7) is 5.51. The molecular weight excluding hydrogens is 542 g/mol. The number of terminal acetylenes is 1. The normalized spacial score (nSPS) is 13.0. The molecule has 0 unspecified atom stereocenters. The van der Waals surface area contributed by atoms with Gasteiger partial charge in [0, 0.05) is 38.7 Å². The van der Waals surface area contributed by atoms with E-state index in [1.807, 2.05) is 55.5 Å². The Labute approximate surface area is 256 Å². The molecule has 2 aromatic carbocycles. The third kappa shape index (κ3) is 6.17. The zero-order valence-corrected chi connectivity index (χ0v) is 24.7. The van der Waals surface area contributed by atoms with Crippen molar-refractivity contribution in [2.45, 2.75) is 20.8 Å². The van der Waals surface area contributed by atoms with Crippen LogP contribution in [-0.4, -0.2) is 4.57 Å². The lowest BCUT2D eigenvalue weighted by molar-refractivity contribution is 0.571. The maximum Gasteiger partial charge on any atom is 0.134 e. The summed E-state index contributed by atoms with van der Waals surface area (Å²) in [7, 11) is 0. The average Bonchev–Trinajstić information content (AvgIpc) is 3.79. The van der Waals surface area contributed by atoms with E-state index in [0.29, 0.717) is 22.7 Å². The largest absolute Gasteiger partial charge is 0.457 e. The molecule has 3 aromatic heterocycles. The fourth-order valence-electron chi connectivity index (χ4n) is 4.88. The highest BCUT2D eigenvalue weighted by molar-refractivity contribution is 6.12. The second-order valence-electron chi connectivity index (χ2n) is 10.1. The van der Waals surface area contributed by atoms with Crippen molar-refractivity contribution in [3.63, 3.8) is 0 Å². The summed E-state index contributed by atoms with van der Waals surface area (Å²) < 4.78 is 14.4. The first-order valence-corrected chi connectivity index (χ1v) is 14.0. The average molecular weight is 572 g/mol. The van der Waals surface area contributed by atoms with Gasteiger partial charge in [-0.1, -0.05) is 48.4 Å². The number of nitriles is 2. The maximum absolute atomic E-state index is 8.96. The lowest BCUT2D eigenvalue weighted by Crippen LogP contribution is -1.94. The van der Waals surface area contributed by atoms with Gasteiger partial charge >= 0.3 is 0 Å². The first-order valence-electron chi connectivity index (χ1n) is 14.0. The predicted molar refractivity (Wildman–Crippen MR) is 180 cm³/mol. The van der Waals surface area contributed by atoms with Crippen LogP contribution in [0.15, 0.2) is 123 Å². The number of furan rings is 2. The highest BCUT2D eigenvalue weighted by Crippen LogP contribution is 2.37. The SMILES string of the molecule is C#C/C=C\C(=C/C)n1c2cc(-c3ccc(/C=C/C=C(/C)C#N)o3)ccc2c2ccc(-c3ccc(/C=C/C=C(/C)C#N)o3)cc21. The summed E-state index contributed by atoms with van der Waals surface area (Å²) in [5.41, 5.74) is 6.06. The summed E-state index contributed by atoms with van der Waals surface area (Å²) in [6.07, 6.45) is 22.0. The summed E-state index contributed by atoms with van der Waals surface area (Å²) in [5, 5.41) is 20.1. The van der Waals surface area contributed by atoms with E-state index in [1.54, 1.807) is 44.2 Å². The minimum Gasteiger partial charge on any atom is -0.457 e. The molecule has 0 bridgehead atoms. The number of nitrogens with zero attached hydrogens (tertiary/aromatic N) is 3. The van der Waals surface area contributed by atoms with Gasteiger partial charge in [-0.05, 0) is 93.6 Å². The smallest absolute Gasteiger partial charge is 0.134 e. The third-order valence-corrected chi connectivity index (χ3v) is 7.06. The van der Waals surface area contributed by atoms with Gasteiger partial charge in [-0.15, -0.1) is 6.42 Å². The lowest BCUT2D eigenvalue weighted by atomic mass is 10.1. The van der Waals surface area contributed by atoms with E-state index in [1.165, 1.54) is 0 Å². The van der Waals surface area contributed by atoms with Crippen molar-refractivity contribution in [3.05, 3.63) is 126 Å². The number of benzene rings is 2. The Balaban J connectivity index is 1.61. The van der Waals surface area contributed by atoms with Gasteiger partial charge in [0.15, 0.2) is 0 Å². The zero-order valence-electron chi connectivity index (χ0n) is 24.7. The van der Waals surface area contributed by atoms with Gasteiger partial charge in [-0.25, -0.2) is 0 Å². The molecule has 5 aromatic rings. The topological polar surface area (TPSA) is 78.8 Å². The van der Waals surface area contributed by atoms with Gasteiger partial charge < -0.3 is 13.4 Å². The van der Waals surface area contributed by atoms with Crippen LogP contribution in [0.2, 0.25) is 0 Å². The fraction of sp³-hybridized carbons (Fsp3) is 0.0769. The van der Waals surface area contributed by atoms with E-state index in [4.69, 9.17) is 25.8 Å². The Bertz CT molecular complexity index is 2050. The van der Waals surface area contributed by atoms with Gasteiger partial charge in [0.05, 0.1) is 23.2 Å². The first-order chi connectivity index (χ1) is 21.4. The Kier molecular flexibility index (Phi) is 8.77. The van der Waals surface area contributed by atoms with Crippen LogP contribution in [0.25, 0.3) is 62.3 Å². The second-order valence-corrected chi connectivity index (χ2v) is 10.1. The molecule has 3 heterocycles. The third-order valence-electron chi connectivity index (χ3n) is 7.06. The van der Waals surface area contributed by atoms with Crippen LogP contribution in [0.3, 0.4) is 0 Å². The summed E-state index contributed by atoms with van der Waals surface area (Å²) >= 11 is 0. The number of hydrogen-bond donors (Lipinski definition) is 0. The second kappa shape index (κ2) is 13.2. The zero-order chi connectivity index (χ0) is 31.1. The standard InChI is InChI=1S/C39H29N3O2/c1-5-7-12-31(6-2)42-36-23-29(38-21-17-32(43-38)13-8-10-27(3)25-40)15-19-34(36)35-20-16-30(24-37(35)42)39-22-18-33(44-39)14-9-11-28(4)26-41/h1,6-24H,2-4H3/b12-7-,13-8+,14-9+,27-10-,28-11-,31-6+. The quantitative estimate of drug-likeness (QED) is 0.105. The molecule has 44 heavy (non-hydrogen) atoms. The molecule has 0 atom stereocenters. The number of fused-ring (bicyclic) bond motifs is 3. The van der Waals surface area contributed by atoms with Crippen LogP contribution in [-0.2, 0) is 0 Å². The molecule has 0 saturated carbocycles. The first kappa shape index (κ1) is 29.3. The molecular formula is C39H29N3O2. The molecule has 0 fully saturated rings. The Morgan fingerprint density at radius 1 is 0.750 bits per heavy atom. The van der Waals surface area contributed by atoms with Gasteiger partial charge in [0.1, 0.15) is 23.0 Å². The van der Waals surface area contributed by atoms with Crippen molar-refractivity contribution < 1.29 is 8.83 Å². The molecule has 0 aliphatic carbocycles. The van der Waals surface area contributed by atoms with Gasteiger partial charge in [0.25, 0.3) is 0 Å². The minimum absolute atomic E-state index is 0.622. The summed E-state index contributed by atoms with van der Waals surface area (Å²) in [4.78, 5) is 0. The van der Waals surface area contributed by atoms with Crippen molar-refractivity contribution in [2.75, 3.05) is 0 Å². The van der Waals surface area contributed by atoms with Crippen LogP contribution in [0.1, 0.15) is 32.3 Å². The number of allylic oxidation sites excluding steroid dienone is 10. The summed E-state index contributed by atoms with van der Waals surface area (Å²) in [5.74, 6) is 5.47. The van der Waals surface area contributed by atoms with Crippen molar-refractivity contribution in [2.24, 2.45) is 0 Å². The maximum atomic E-state index is 8.96. The van der Waals surface area contributed by atoms with E-state index in [0.717, 1.165) is 50.2 Å². The molecule has 5 heteroatoms. The van der Waals surface area contributed by atoms with Crippen molar-refractivity contribution >= 4 is 39.7 Å². The summed E-state index contributed by atoms with van der Waals surface area (Å²) in [6, 6.07) is 24.5. The molecule has 0 spiro atoms.